The van der Waals surface area contributed by atoms with Crippen LogP contribution in [-0.4, -0.2) is 41.5 Å². The van der Waals surface area contributed by atoms with Gasteiger partial charge in [-0.1, -0.05) is 0 Å². The Bertz CT molecular complexity index is 784. The van der Waals surface area contributed by atoms with Crippen molar-refractivity contribution in [3.05, 3.63) is 42.0 Å². The summed E-state index contributed by atoms with van der Waals surface area (Å²) in [6.45, 7) is 0. The lowest BCUT2D eigenvalue weighted by Gasteiger charge is -2.14. The molecule has 0 heterocycles. The summed E-state index contributed by atoms with van der Waals surface area (Å²) in [6, 6.07) is 8.66. The molecule has 0 aliphatic heterocycles. The Labute approximate surface area is 158 Å². The number of rotatable bonds is 8. The fourth-order valence-corrected chi connectivity index (χ4v) is 2.43. The molecule has 7 nitrogen and oxygen atoms in total. The van der Waals surface area contributed by atoms with Gasteiger partial charge in [-0.15, -0.1) is 0 Å². The van der Waals surface area contributed by atoms with Crippen molar-refractivity contribution in [2.75, 3.05) is 40.9 Å². The summed E-state index contributed by atoms with van der Waals surface area (Å²) in [5, 5.41) is 2.77. The van der Waals surface area contributed by atoms with E-state index in [0.717, 1.165) is 5.56 Å². The van der Waals surface area contributed by atoms with E-state index in [1.54, 1.807) is 50.6 Å². The molecule has 0 fully saturated rings. The molecule has 0 aliphatic rings. The maximum atomic E-state index is 12.3. The van der Waals surface area contributed by atoms with Gasteiger partial charge < -0.3 is 29.0 Å². The fraction of sp³-hybridized carbons (Fsp3) is 0.250. The predicted molar refractivity (Wildman–Crippen MR) is 103 cm³/mol. The van der Waals surface area contributed by atoms with Crippen molar-refractivity contribution in [2.45, 2.75) is 0 Å². The van der Waals surface area contributed by atoms with Crippen molar-refractivity contribution in [1.82, 2.24) is 0 Å². The van der Waals surface area contributed by atoms with E-state index in [-0.39, 0.29) is 5.91 Å². The number of carbonyl (C=O) groups excluding carboxylic acids is 1. The van der Waals surface area contributed by atoms with Crippen molar-refractivity contribution in [3.8, 4) is 28.7 Å². The zero-order chi connectivity index (χ0) is 19.8. The molecule has 0 aliphatic carbocycles. The van der Waals surface area contributed by atoms with Crippen LogP contribution in [0.1, 0.15) is 5.56 Å². The summed E-state index contributed by atoms with van der Waals surface area (Å²) in [6.07, 6.45) is 3.08. The highest BCUT2D eigenvalue weighted by atomic mass is 16.5. The summed E-state index contributed by atoms with van der Waals surface area (Å²) in [7, 11) is 7.68. The molecule has 7 heteroatoms. The summed E-state index contributed by atoms with van der Waals surface area (Å²) in [5.41, 5.74) is 1.29. The Morgan fingerprint density at radius 3 is 1.78 bits per heavy atom. The normalized spacial score (nSPS) is 10.4. The Balaban J connectivity index is 2.19. The summed E-state index contributed by atoms with van der Waals surface area (Å²) < 4.78 is 26.3. The lowest BCUT2D eigenvalue weighted by Crippen LogP contribution is -2.08. The Morgan fingerprint density at radius 2 is 1.33 bits per heavy atom. The summed E-state index contributed by atoms with van der Waals surface area (Å²) >= 11 is 0. The molecular weight excluding hydrogens is 350 g/mol. The molecule has 0 saturated heterocycles. The highest BCUT2D eigenvalue weighted by molar-refractivity contribution is 6.02. The Kier molecular flexibility index (Phi) is 6.93. The van der Waals surface area contributed by atoms with Gasteiger partial charge in [0, 0.05) is 30.0 Å². The molecule has 0 radical (unpaired) electrons. The molecule has 27 heavy (non-hydrogen) atoms. The van der Waals surface area contributed by atoms with Gasteiger partial charge >= 0.3 is 0 Å². The first kappa shape index (κ1) is 20.0. The number of methoxy groups -OCH3 is 5. The average Bonchev–Trinajstić information content (AvgIpc) is 2.70. The van der Waals surface area contributed by atoms with Gasteiger partial charge in [0.1, 0.15) is 11.5 Å². The molecule has 0 bridgehead atoms. The second-order valence-corrected chi connectivity index (χ2v) is 5.38. The van der Waals surface area contributed by atoms with E-state index in [2.05, 4.69) is 5.32 Å². The molecule has 2 aromatic rings. The molecule has 1 amide bonds. The summed E-state index contributed by atoms with van der Waals surface area (Å²) in [4.78, 5) is 12.3. The minimum absolute atomic E-state index is 0.314. The van der Waals surface area contributed by atoms with Gasteiger partial charge in [0.05, 0.1) is 35.5 Å². The van der Waals surface area contributed by atoms with Gasteiger partial charge in [-0.2, -0.15) is 0 Å². The first-order valence-electron chi connectivity index (χ1n) is 8.06. The van der Waals surface area contributed by atoms with E-state index in [9.17, 15) is 4.79 Å². The van der Waals surface area contributed by atoms with E-state index >= 15 is 0 Å². The highest BCUT2D eigenvalue weighted by Gasteiger charge is 2.13. The van der Waals surface area contributed by atoms with Crippen LogP contribution < -0.4 is 29.0 Å². The van der Waals surface area contributed by atoms with Crippen LogP contribution in [0.25, 0.3) is 6.08 Å². The second kappa shape index (κ2) is 9.38. The lowest BCUT2D eigenvalue weighted by molar-refractivity contribution is -0.111. The van der Waals surface area contributed by atoms with E-state index in [4.69, 9.17) is 23.7 Å². The molecule has 0 spiro atoms. The van der Waals surface area contributed by atoms with Gasteiger partial charge in [-0.25, -0.2) is 0 Å². The largest absolute Gasteiger partial charge is 0.497 e. The number of carbonyl (C=O) groups is 1. The third-order valence-corrected chi connectivity index (χ3v) is 3.73. The Hall–Kier alpha value is -3.35. The van der Waals surface area contributed by atoms with E-state index < -0.39 is 0 Å². The van der Waals surface area contributed by atoms with E-state index in [0.29, 0.717) is 34.4 Å². The van der Waals surface area contributed by atoms with Gasteiger partial charge in [0.15, 0.2) is 11.5 Å². The first-order valence-corrected chi connectivity index (χ1v) is 8.06. The number of ether oxygens (including phenoxy) is 5. The van der Waals surface area contributed by atoms with Crippen molar-refractivity contribution < 1.29 is 28.5 Å². The van der Waals surface area contributed by atoms with Crippen LogP contribution in [0, 0.1) is 0 Å². The molecule has 2 aromatic carbocycles. The minimum atomic E-state index is -0.314. The van der Waals surface area contributed by atoms with Crippen molar-refractivity contribution in [2.24, 2.45) is 0 Å². The lowest BCUT2D eigenvalue weighted by atomic mass is 10.2. The molecule has 0 aromatic heterocycles. The van der Waals surface area contributed by atoms with Crippen molar-refractivity contribution >= 4 is 17.7 Å². The molecule has 144 valence electrons. The van der Waals surface area contributed by atoms with Gasteiger partial charge in [0.25, 0.3) is 0 Å². The van der Waals surface area contributed by atoms with Crippen LogP contribution in [0.2, 0.25) is 0 Å². The quantitative estimate of drug-likeness (QED) is 0.715. The van der Waals surface area contributed by atoms with E-state index in [1.165, 1.54) is 27.4 Å². The number of nitrogens with one attached hydrogen (secondary N) is 1. The number of amides is 1. The Morgan fingerprint density at radius 1 is 0.778 bits per heavy atom. The first-order chi connectivity index (χ1) is 13.0. The maximum Gasteiger partial charge on any atom is 0.248 e. The highest BCUT2D eigenvalue weighted by Crippen LogP contribution is 2.39. The van der Waals surface area contributed by atoms with Crippen LogP contribution in [0.15, 0.2) is 36.4 Å². The maximum absolute atomic E-state index is 12.3. The smallest absolute Gasteiger partial charge is 0.248 e. The SMILES string of the molecule is COc1cc(/C=C/C(=O)Nc2cc(OC)c(OC)c(OC)c2)cc(OC)c1. The van der Waals surface area contributed by atoms with E-state index in [1.807, 2.05) is 0 Å². The second-order valence-electron chi connectivity index (χ2n) is 5.38. The standard InChI is InChI=1S/C20H23NO6/c1-23-15-8-13(9-16(12-15)24-2)6-7-19(22)21-14-10-17(25-3)20(27-5)18(11-14)26-4/h6-12H,1-5H3,(H,21,22)/b7-6+. The number of benzene rings is 2. The molecule has 2 rings (SSSR count). The minimum Gasteiger partial charge on any atom is -0.497 e. The third-order valence-electron chi connectivity index (χ3n) is 3.73. The third kappa shape index (κ3) is 5.07. The topological polar surface area (TPSA) is 75.3 Å². The number of anilines is 1. The van der Waals surface area contributed by atoms with Crippen LogP contribution in [-0.2, 0) is 4.79 Å². The monoisotopic (exact) mass is 373 g/mol. The zero-order valence-electron chi connectivity index (χ0n) is 16.0. The van der Waals surface area contributed by atoms with Crippen molar-refractivity contribution in [1.29, 1.82) is 0 Å². The fourth-order valence-electron chi connectivity index (χ4n) is 2.43. The van der Waals surface area contributed by atoms with Crippen LogP contribution >= 0.6 is 0 Å². The van der Waals surface area contributed by atoms with Crippen LogP contribution in [0.3, 0.4) is 0 Å². The number of hydrogen-bond acceptors (Lipinski definition) is 6. The summed E-state index contributed by atoms with van der Waals surface area (Å²) in [5.74, 6) is 2.32. The van der Waals surface area contributed by atoms with Gasteiger partial charge in [-0.3, -0.25) is 4.79 Å². The van der Waals surface area contributed by atoms with Crippen molar-refractivity contribution in [3.63, 3.8) is 0 Å². The predicted octanol–water partition coefficient (Wildman–Crippen LogP) is 3.38. The molecule has 0 saturated carbocycles. The van der Waals surface area contributed by atoms with Crippen LogP contribution in [0.4, 0.5) is 5.69 Å². The zero-order valence-corrected chi connectivity index (χ0v) is 16.0. The van der Waals surface area contributed by atoms with Gasteiger partial charge in [-0.05, 0) is 23.8 Å². The molecular formula is C20H23NO6. The molecule has 0 unspecified atom stereocenters. The van der Waals surface area contributed by atoms with Crippen LogP contribution in [0.5, 0.6) is 28.7 Å². The molecule has 1 N–H and O–H groups in total. The number of hydrogen-bond donors (Lipinski definition) is 1. The average molecular weight is 373 g/mol. The molecule has 0 atom stereocenters. The van der Waals surface area contributed by atoms with Gasteiger partial charge in [0.2, 0.25) is 11.7 Å².